The Morgan fingerprint density at radius 3 is 2.21 bits per heavy atom. The summed E-state index contributed by atoms with van der Waals surface area (Å²) in [5, 5.41) is 0.686. The molecule has 0 N–H and O–H groups in total. The Balaban J connectivity index is 1.25. The van der Waals surface area contributed by atoms with Crippen molar-refractivity contribution in [2.75, 3.05) is 13.3 Å². The van der Waals surface area contributed by atoms with Crippen molar-refractivity contribution in [1.29, 1.82) is 0 Å². The number of benzene rings is 1. The van der Waals surface area contributed by atoms with Gasteiger partial charge in [-0.25, -0.2) is 0 Å². The molecule has 3 aliphatic heterocycles. The molecule has 182 valence electrons. The van der Waals surface area contributed by atoms with E-state index in [2.05, 4.69) is 0 Å². The second-order valence-electron chi connectivity index (χ2n) is 10.3. The molecule has 3 heterocycles. The van der Waals surface area contributed by atoms with E-state index < -0.39 is 43.5 Å². The lowest BCUT2D eigenvalue weighted by Gasteiger charge is -2.36. The molecular formula is C25H35O7P. The minimum absolute atomic E-state index is 0.302. The van der Waals surface area contributed by atoms with Crippen molar-refractivity contribution in [3.05, 3.63) is 30.3 Å². The van der Waals surface area contributed by atoms with Crippen LogP contribution >= 0.6 is 7.37 Å². The van der Waals surface area contributed by atoms with Crippen molar-refractivity contribution in [1.82, 2.24) is 0 Å². The maximum atomic E-state index is 13.7. The van der Waals surface area contributed by atoms with Gasteiger partial charge < -0.3 is 28.2 Å². The van der Waals surface area contributed by atoms with Crippen LogP contribution in [0.15, 0.2) is 30.3 Å². The summed E-state index contributed by atoms with van der Waals surface area (Å²) in [6.45, 7) is 2.11. The lowest BCUT2D eigenvalue weighted by molar-refractivity contribution is -0.258. The summed E-state index contributed by atoms with van der Waals surface area (Å²) in [4.78, 5) is 0. The first-order valence-corrected chi connectivity index (χ1v) is 14.7. The monoisotopic (exact) mass is 478 g/mol. The zero-order valence-electron chi connectivity index (χ0n) is 19.4. The van der Waals surface area contributed by atoms with E-state index in [1.807, 2.05) is 30.3 Å². The van der Waals surface area contributed by atoms with Crippen LogP contribution in [0.5, 0.6) is 0 Å². The van der Waals surface area contributed by atoms with Gasteiger partial charge in [0.15, 0.2) is 17.9 Å². The average molecular weight is 479 g/mol. The van der Waals surface area contributed by atoms with E-state index in [1.54, 1.807) is 6.66 Å². The number of rotatable bonds is 4. The van der Waals surface area contributed by atoms with Crippen molar-refractivity contribution >= 4 is 12.7 Å². The zero-order chi connectivity index (χ0) is 22.5. The largest absolute Gasteiger partial charge is 0.347 e. The summed E-state index contributed by atoms with van der Waals surface area (Å²) in [6, 6.07) is 9.38. The smallest absolute Gasteiger partial charge is 0.229 e. The summed E-state index contributed by atoms with van der Waals surface area (Å²) in [5.74, 6) is -1.13. The van der Waals surface area contributed by atoms with Crippen molar-refractivity contribution in [3.63, 3.8) is 0 Å². The molecular weight excluding hydrogens is 443 g/mol. The molecule has 3 saturated heterocycles. The van der Waals surface area contributed by atoms with Gasteiger partial charge in [-0.1, -0.05) is 31.0 Å². The minimum atomic E-state index is -3.13. The zero-order valence-corrected chi connectivity index (χ0v) is 20.3. The molecule has 2 aliphatic carbocycles. The lowest BCUT2D eigenvalue weighted by Crippen LogP contribution is -2.45. The fourth-order valence-corrected chi connectivity index (χ4v) is 7.73. The lowest BCUT2D eigenvalue weighted by atomic mass is 9.94. The molecule has 5 fully saturated rings. The molecule has 0 aromatic heterocycles. The van der Waals surface area contributed by atoms with E-state index in [-0.39, 0.29) is 6.10 Å². The second-order valence-corrected chi connectivity index (χ2v) is 12.7. The Morgan fingerprint density at radius 1 is 0.848 bits per heavy atom. The Bertz CT molecular complexity index is 880. The Hall–Kier alpha value is -0.790. The van der Waals surface area contributed by atoms with Crippen LogP contribution in [0.25, 0.3) is 0 Å². The van der Waals surface area contributed by atoms with Gasteiger partial charge >= 0.3 is 0 Å². The Morgan fingerprint density at radius 2 is 1.52 bits per heavy atom. The second kappa shape index (κ2) is 8.70. The predicted molar refractivity (Wildman–Crippen MR) is 122 cm³/mol. The van der Waals surface area contributed by atoms with Crippen LogP contribution in [0, 0.1) is 0 Å². The van der Waals surface area contributed by atoms with Crippen LogP contribution in [-0.4, -0.2) is 55.6 Å². The van der Waals surface area contributed by atoms with Gasteiger partial charge in [-0.2, -0.15) is 0 Å². The predicted octanol–water partition coefficient (Wildman–Crippen LogP) is 4.48. The van der Waals surface area contributed by atoms with E-state index in [1.165, 1.54) is 12.8 Å². The number of fused-ring (bicyclic) bond motifs is 1. The molecule has 0 bridgehead atoms. The SMILES string of the molecule is C[P@](=O)(O[C@@H]1[C@H]2OC3(CCCCC3)O[C@H]2O[C@@H]1[C@@H]1COC2(CCCCC2)O1)c1ccccc1. The van der Waals surface area contributed by atoms with Gasteiger partial charge in [0, 0.05) is 37.7 Å². The Kier molecular flexibility index (Phi) is 5.98. The molecule has 1 aromatic rings. The molecule has 8 heteroatoms. The number of hydrogen-bond acceptors (Lipinski definition) is 7. The highest BCUT2D eigenvalue weighted by Gasteiger charge is 2.62. The molecule has 6 rings (SSSR count). The maximum Gasteiger partial charge on any atom is 0.229 e. The Labute approximate surface area is 195 Å². The van der Waals surface area contributed by atoms with E-state index in [0.717, 1.165) is 51.4 Å². The molecule has 33 heavy (non-hydrogen) atoms. The van der Waals surface area contributed by atoms with Crippen LogP contribution < -0.4 is 5.30 Å². The van der Waals surface area contributed by atoms with Gasteiger partial charge in [0.05, 0.1) is 6.61 Å². The van der Waals surface area contributed by atoms with Crippen molar-refractivity contribution in [2.45, 2.75) is 106 Å². The normalized spacial score (nSPS) is 39.0. The summed E-state index contributed by atoms with van der Waals surface area (Å²) in [7, 11) is -3.13. The fraction of sp³-hybridized carbons (Fsp3) is 0.760. The van der Waals surface area contributed by atoms with Crippen LogP contribution in [-0.2, 0) is 32.8 Å². The van der Waals surface area contributed by atoms with E-state index in [4.69, 9.17) is 28.2 Å². The molecule has 7 nitrogen and oxygen atoms in total. The highest BCUT2D eigenvalue weighted by Crippen LogP contribution is 2.52. The third kappa shape index (κ3) is 4.24. The molecule has 0 radical (unpaired) electrons. The first-order chi connectivity index (χ1) is 16.0. The van der Waals surface area contributed by atoms with E-state index >= 15 is 0 Å². The van der Waals surface area contributed by atoms with Gasteiger partial charge in [-0.05, 0) is 37.8 Å². The number of hydrogen-bond donors (Lipinski definition) is 0. The van der Waals surface area contributed by atoms with Gasteiger partial charge in [0.2, 0.25) is 7.37 Å². The molecule has 2 spiro atoms. The van der Waals surface area contributed by atoms with E-state index in [9.17, 15) is 4.57 Å². The van der Waals surface area contributed by atoms with Gasteiger partial charge in [-0.15, -0.1) is 0 Å². The first kappa shape index (κ1) is 22.7. The van der Waals surface area contributed by atoms with Gasteiger partial charge in [-0.3, -0.25) is 4.57 Å². The quantitative estimate of drug-likeness (QED) is 0.591. The van der Waals surface area contributed by atoms with Gasteiger partial charge in [0.25, 0.3) is 0 Å². The standard InChI is InChI=1S/C25H35O7P/c1-33(26,18-11-5-2-6-12-18)32-21-20(19-17-27-24(29-19)13-7-3-8-14-24)28-23-22(21)30-25(31-23)15-9-4-10-16-25/h2,5-6,11-12,19-23H,3-4,7-10,13-17H2,1H3/t19-,20+,21-,22+,23+,33-/m0/s1. The van der Waals surface area contributed by atoms with Crippen molar-refractivity contribution < 1.29 is 32.8 Å². The van der Waals surface area contributed by atoms with Crippen LogP contribution in [0.2, 0.25) is 0 Å². The molecule has 1 aromatic carbocycles. The molecule has 6 atom stereocenters. The fourth-order valence-electron chi connectivity index (χ4n) is 6.19. The number of ether oxygens (including phenoxy) is 5. The van der Waals surface area contributed by atoms with Crippen LogP contribution in [0.3, 0.4) is 0 Å². The van der Waals surface area contributed by atoms with E-state index in [0.29, 0.717) is 11.9 Å². The summed E-state index contributed by atoms with van der Waals surface area (Å²) < 4.78 is 52.2. The average Bonchev–Trinajstić information content (AvgIpc) is 3.48. The molecule has 0 unspecified atom stereocenters. The molecule has 5 aliphatic rings. The van der Waals surface area contributed by atoms with Crippen LogP contribution in [0.1, 0.15) is 64.2 Å². The third-order valence-electron chi connectivity index (χ3n) is 7.91. The molecule has 0 amide bonds. The van der Waals surface area contributed by atoms with Crippen molar-refractivity contribution in [3.8, 4) is 0 Å². The highest BCUT2D eigenvalue weighted by molar-refractivity contribution is 7.66. The van der Waals surface area contributed by atoms with Gasteiger partial charge in [0.1, 0.15) is 24.4 Å². The maximum absolute atomic E-state index is 13.7. The van der Waals surface area contributed by atoms with Crippen LogP contribution in [0.4, 0.5) is 0 Å². The van der Waals surface area contributed by atoms with Crippen molar-refractivity contribution in [2.24, 2.45) is 0 Å². The first-order valence-electron chi connectivity index (χ1n) is 12.6. The summed E-state index contributed by atoms with van der Waals surface area (Å²) in [5.41, 5.74) is 0. The minimum Gasteiger partial charge on any atom is -0.347 e. The summed E-state index contributed by atoms with van der Waals surface area (Å²) in [6.07, 6.45) is 8.01. The molecule has 2 saturated carbocycles. The third-order valence-corrected chi connectivity index (χ3v) is 9.79. The summed E-state index contributed by atoms with van der Waals surface area (Å²) >= 11 is 0. The highest BCUT2D eigenvalue weighted by atomic mass is 31.2. The topological polar surface area (TPSA) is 72.5 Å².